The average molecular weight is 557 g/mol. The van der Waals surface area contributed by atoms with Crippen LogP contribution in [0.15, 0.2) is 36.4 Å². The molecule has 1 saturated heterocycles. The van der Waals surface area contributed by atoms with E-state index in [4.69, 9.17) is 38.8 Å². The summed E-state index contributed by atoms with van der Waals surface area (Å²) in [6.07, 6.45) is -0.255. The molecule has 3 rings (SSSR count). The Labute approximate surface area is 227 Å². The van der Waals surface area contributed by atoms with Crippen LogP contribution < -0.4 is 21.1 Å². The molecule has 2 aromatic carbocycles. The predicted octanol–water partition coefficient (Wildman–Crippen LogP) is 3.72. The second-order valence-electron chi connectivity index (χ2n) is 10.8. The Morgan fingerprint density at radius 3 is 2.49 bits per heavy atom. The summed E-state index contributed by atoms with van der Waals surface area (Å²) in [5, 5.41) is 25.7. The fourth-order valence-electron chi connectivity index (χ4n) is 5.15. The number of ether oxygens (including phenoxy) is 1. The highest BCUT2D eigenvalue weighted by Gasteiger charge is 2.58. The number of carbonyl (C=O) groups excluding carboxylic acids is 1. The highest BCUT2D eigenvalue weighted by molar-refractivity contribution is 6.31. The van der Waals surface area contributed by atoms with Crippen LogP contribution in [0.5, 0.6) is 5.75 Å². The largest absolute Gasteiger partial charge is 0.496 e. The summed E-state index contributed by atoms with van der Waals surface area (Å²) in [6.45, 7) is 5.87. The molecule has 1 fully saturated rings. The maximum atomic E-state index is 15.6. The fraction of sp³-hybridized carbons (Fsp3) is 0.519. The van der Waals surface area contributed by atoms with Crippen molar-refractivity contribution in [3.63, 3.8) is 0 Å². The van der Waals surface area contributed by atoms with Crippen LogP contribution in [0.4, 0.5) is 4.39 Å². The smallest absolute Gasteiger partial charge is 0.237 e. The molecular weight excluding hydrogens is 520 g/mol. The minimum absolute atomic E-state index is 0.134. The summed E-state index contributed by atoms with van der Waals surface area (Å²) in [5.41, 5.74) is 6.43. The van der Waals surface area contributed by atoms with Crippen molar-refractivity contribution >= 4 is 29.1 Å². The molecular formula is C27H36Cl2FN3O4. The van der Waals surface area contributed by atoms with E-state index >= 15 is 4.39 Å². The molecule has 2 aromatic rings. The van der Waals surface area contributed by atoms with Crippen LogP contribution in [-0.4, -0.2) is 54.6 Å². The molecule has 0 bridgehead atoms. The molecule has 6 N–H and O–H groups in total. The highest BCUT2D eigenvalue weighted by Crippen LogP contribution is 2.51. The van der Waals surface area contributed by atoms with E-state index in [1.54, 1.807) is 30.3 Å². The lowest BCUT2D eigenvalue weighted by molar-refractivity contribution is -0.123. The first-order valence-corrected chi connectivity index (χ1v) is 13.0. The average Bonchev–Trinajstić information content (AvgIpc) is 3.09. The van der Waals surface area contributed by atoms with Gasteiger partial charge in [-0.1, -0.05) is 50.0 Å². The molecule has 0 saturated carbocycles. The molecule has 0 radical (unpaired) electrons. The molecule has 0 aromatic heterocycles. The van der Waals surface area contributed by atoms with Crippen molar-refractivity contribution in [1.82, 2.24) is 10.6 Å². The van der Waals surface area contributed by atoms with E-state index in [0.29, 0.717) is 22.8 Å². The van der Waals surface area contributed by atoms with Crippen LogP contribution in [-0.2, 0) is 10.3 Å². The molecule has 5 atom stereocenters. The van der Waals surface area contributed by atoms with Gasteiger partial charge in [0.05, 0.1) is 31.4 Å². The monoisotopic (exact) mass is 555 g/mol. The lowest BCUT2D eigenvalue weighted by Gasteiger charge is -2.40. The summed E-state index contributed by atoms with van der Waals surface area (Å²) in [5.74, 6) is -1.27. The third kappa shape index (κ3) is 6.56. The maximum Gasteiger partial charge on any atom is 0.237 e. The Balaban J connectivity index is 2.20. The van der Waals surface area contributed by atoms with E-state index in [-0.39, 0.29) is 34.9 Å². The summed E-state index contributed by atoms with van der Waals surface area (Å²) in [4.78, 5) is 13.6. The number of nitrogens with two attached hydrogens (primary N) is 1. The topological polar surface area (TPSA) is 117 Å². The quantitative estimate of drug-likeness (QED) is 0.322. The molecule has 10 heteroatoms. The minimum atomic E-state index is -1.40. The van der Waals surface area contributed by atoms with E-state index in [1.807, 2.05) is 20.8 Å². The van der Waals surface area contributed by atoms with Gasteiger partial charge in [-0.3, -0.25) is 4.79 Å². The van der Waals surface area contributed by atoms with Gasteiger partial charge in [0.1, 0.15) is 11.6 Å². The number of methoxy groups -OCH3 is 1. The molecule has 1 heterocycles. The Morgan fingerprint density at radius 1 is 1.24 bits per heavy atom. The standard InChI is InChI=1S/C27H36Cl2FN3O4/c1-26(2,3)13-22-27(31,19-7-5-16(29)12-20(19)30)23(18-11-15(28)6-8-21(18)37-4)24(33-22)25(36)32-10-9-17(35)14-34/h5-8,11-12,17,22-24,33-35H,9-10,13-14,31H2,1-4H3,(H,32,36). The Kier molecular flexibility index (Phi) is 9.48. The lowest BCUT2D eigenvalue weighted by atomic mass is 9.68. The summed E-state index contributed by atoms with van der Waals surface area (Å²) >= 11 is 12.5. The Bertz CT molecular complexity index is 1110. The molecule has 1 aliphatic rings. The number of aliphatic hydroxyl groups is 2. The van der Waals surface area contributed by atoms with Crippen molar-refractivity contribution in [2.75, 3.05) is 20.3 Å². The summed E-state index contributed by atoms with van der Waals surface area (Å²) in [6, 6.07) is 8.02. The van der Waals surface area contributed by atoms with Crippen molar-refractivity contribution < 1.29 is 24.1 Å². The van der Waals surface area contributed by atoms with E-state index in [1.165, 1.54) is 13.2 Å². The van der Waals surface area contributed by atoms with Gasteiger partial charge in [0.25, 0.3) is 0 Å². The third-order valence-corrected chi connectivity index (χ3v) is 7.29. The predicted molar refractivity (Wildman–Crippen MR) is 144 cm³/mol. The Morgan fingerprint density at radius 2 is 1.89 bits per heavy atom. The molecule has 0 spiro atoms. The van der Waals surface area contributed by atoms with E-state index in [9.17, 15) is 9.90 Å². The third-order valence-electron chi connectivity index (χ3n) is 6.82. The molecule has 7 nitrogen and oxygen atoms in total. The number of hydrogen-bond acceptors (Lipinski definition) is 6. The van der Waals surface area contributed by atoms with E-state index < -0.39 is 42.1 Å². The zero-order chi connectivity index (χ0) is 27.5. The van der Waals surface area contributed by atoms with Crippen LogP contribution in [0.2, 0.25) is 10.0 Å². The lowest BCUT2D eigenvalue weighted by Crippen LogP contribution is -2.52. The Hall–Kier alpha value is -1.94. The van der Waals surface area contributed by atoms with Gasteiger partial charge < -0.3 is 31.3 Å². The van der Waals surface area contributed by atoms with Gasteiger partial charge in [0.2, 0.25) is 5.91 Å². The minimum Gasteiger partial charge on any atom is -0.496 e. The van der Waals surface area contributed by atoms with Crippen molar-refractivity contribution in [2.24, 2.45) is 11.1 Å². The SMILES string of the molecule is COc1ccc(Cl)cc1C1C(C(=O)NCCC(O)CO)NC(CC(C)(C)C)C1(N)c1ccc(Cl)cc1F. The van der Waals surface area contributed by atoms with E-state index in [0.717, 1.165) is 0 Å². The zero-order valence-electron chi connectivity index (χ0n) is 21.5. The van der Waals surface area contributed by atoms with Gasteiger partial charge in [-0.05, 0) is 48.6 Å². The number of carbonyl (C=O) groups is 1. The van der Waals surface area contributed by atoms with Gasteiger partial charge in [-0.25, -0.2) is 4.39 Å². The molecule has 1 amide bonds. The van der Waals surface area contributed by atoms with Crippen LogP contribution in [0.1, 0.15) is 50.7 Å². The van der Waals surface area contributed by atoms with Crippen LogP contribution in [0.3, 0.4) is 0 Å². The number of benzene rings is 2. The zero-order valence-corrected chi connectivity index (χ0v) is 23.0. The molecule has 0 aliphatic carbocycles. The second kappa shape index (κ2) is 11.8. The van der Waals surface area contributed by atoms with Gasteiger partial charge in [0, 0.05) is 39.7 Å². The van der Waals surface area contributed by atoms with Crippen molar-refractivity contribution in [1.29, 1.82) is 0 Å². The first kappa shape index (κ1) is 29.6. The number of halogens is 3. The second-order valence-corrected chi connectivity index (χ2v) is 11.7. The van der Waals surface area contributed by atoms with Gasteiger partial charge in [0.15, 0.2) is 0 Å². The molecule has 1 aliphatic heterocycles. The fourth-order valence-corrected chi connectivity index (χ4v) is 5.49. The number of nitrogens with one attached hydrogen (secondary N) is 2. The summed E-state index contributed by atoms with van der Waals surface area (Å²) in [7, 11) is 1.51. The first-order valence-electron chi connectivity index (χ1n) is 12.2. The molecule has 5 unspecified atom stereocenters. The van der Waals surface area contributed by atoms with Crippen LogP contribution in [0.25, 0.3) is 0 Å². The highest BCUT2D eigenvalue weighted by atomic mass is 35.5. The first-order chi connectivity index (χ1) is 17.3. The van der Waals surface area contributed by atoms with Crippen LogP contribution >= 0.6 is 23.2 Å². The molecule has 204 valence electrons. The van der Waals surface area contributed by atoms with Crippen molar-refractivity contribution in [3.8, 4) is 5.75 Å². The normalized spacial score (nSPS) is 24.6. The molecule has 37 heavy (non-hydrogen) atoms. The van der Waals surface area contributed by atoms with Gasteiger partial charge in [-0.2, -0.15) is 0 Å². The van der Waals surface area contributed by atoms with Crippen molar-refractivity contribution in [3.05, 3.63) is 63.4 Å². The van der Waals surface area contributed by atoms with Crippen molar-refractivity contribution in [2.45, 2.75) is 63.3 Å². The van der Waals surface area contributed by atoms with Gasteiger partial charge in [-0.15, -0.1) is 0 Å². The van der Waals surface area contributed by atoms with Gasteiger partial charge >= 0.3 is 0 Å². The number of amides is 1. The number of hydrogen-bond donors (Lipinski definition) is 5. The number of aliphatic hydroxyl groups excluding tert-OH is 2. The number of rotatable bonds is 9. The summed E-state index contributed by atoms with van der Waals surface area (Å²) < 4.78 is 21.2. The maximum absolute atomic E-state index is 15.6. The van der Waals surface area contributed by atoms with Crippen LogP contribution in [0, 0.1) is 11.2 Å². The van der Waals surface area contributed by atoms with E-state index in [2.05, 4.69) is 10.6 Å².